The van der Waals surface area contributed by atoms with E-state index in [-0.39, 0.29) is 23.3 Å². The van der Waals surface area contributed by atoms with Gasteiger partial charge in [-0.2, -0.15) is 0 Å². The number of benzene rings is 2. The van der Waals surface area contributed by atoms with E-state index < -0.39 is 5.91 Å². The zero-order valence-corrected chi connectivity index (χ0v) is 13.2. The molecule has 4 nitrogen and oxygen atoms in total. The van der Waals surface area contributed by atoms with Gasteiger partial charge in [0, 0.05) is 12.0 Å². The summed E-state index contributed by atoms with van der Waals surface area (Å²) in [7, 11) is 1.45. The molecule has 114 valence electrons. The number of rotatable bonds is 5. The number of methoxy groups -OCH3 is 1. The van der Waals surface area contributed by atoms with E-state index in [2.05, 4.69) is 0 Å². The van der Waals surface area contributed by atoms with Crippen LogP contribution in [0.1, 0.15) is 26.3 Å². The Balaban J connectivity index is 2.38. The molecule has 0 heterocycles. The first-order chi connectivity index (χ1) is 10.4. The van der Waals surface area contributed by atoms with Crippen LogP contribution in [0.25, 0.3) is 0 Å². The normalized spacial score (nSPS) is 10.3. The van der Waals surface area contributed by atoms with E-state index in [1.54, 1.807) is 18.2 Å². The second-order valence-corrected chi connectivity index (χ2v) is 5.38. The summed E-state index contributed by atoms with van der Waals surface area (Å²) >= 11 is 12.0. The van der Waals surface area contributed by atoms with Gasteiger partial charge in [0.15, 0.2) is 5.78 Å². The smallest absolute Gasteiger partial charge is 0.248 e. The fraction of sp³-hybridized carbons (Fsp3) is 0.125. The van der Waals surface area contributed by atoms with Crippen LogP contribution in [0.2, 0.25) is 10.0 Å². The van der Waals surface area contributed by atoms with E-state index >= 15 is 0 Å². The molecule has 0 bridgehead atoms. The Bertz CT molecular complexity index is 744. The molecule has 2 aromatic carbocycles. The highest BCUT2D eigenvalue weighted by molar-refractivity contribution is 6.42. The summed E-state index contributed by atoms with van der Waals surface area (Å²) in [6, 6.07) is 9.54. The number of hydrogen-bond acceptors (Lipinski definition) is 3. The Hall–Kier alpha value is -2.04. The Morgan fingerprint density at radius 1 is 1.18 bits per heavy atom. The van der Waals surface area contributed by atoms with Crippen molar-refractivity contribution in [2.24, 2.45) is 5.73 Å². The van der Waals surface area contributed by atoms with Crippen LogP contribution in [0.15, 0.2) is 36.4 Å². The molecule has 0 saturated heterocycles. The monoisotopic (exact) mass is 337 g/mol. The van der Waals surface area contributed by atoms with Gasteiger partial charge in [-0.15, -0.1) is 0 Å². The summed E-state index contributed by atoms with van der Waals surface area (Å²) in [4.78, 5) is 23.8. The molecular formula is C16H13Cl2NO3. The van der Waals surface area contributed by atoms with Crippen LogP contribution in [-0.4, -0.2) is 18.8 Å². The highest BCUT2D eigenvalue weighted by atomic mass is 35.5. The van der Waals surface area contributed by atoms with Crippen LogP contribution < -0.4 is 10.5 Å². The average molecular weight is 338 g/mol. The molecule has 6 heteroatoms. The number of hydrogen-bond donors (Lipinski definition) is 1. The molecule has 0 aliphatic carbocycles. The Labute approximate surface area is 137 Å². The quantitative estimate of drug-likeness (QED) is 0.848. The topological polar surface area (TPSA) is 69.4 Å². The standard InChI is InChI=1S/C16H13Cl2NO3/c1-22-14-6-5-10(16(19)21)7-11(14)13(20)8-9-3-2-4-12(17)15(9)18/h2-7H,8H2,1H3,(H2,19,21). The third kappa shape index (κ3) is 3.40. The molecule has 0 aromatic heterocycles. The second-order valence-electron chi connectivity index (χ2n) is 4.59. The molecule has 0 aliphatic rings. The van der Waals surface area contributed by atoms with E-state index in [0.29, 0.717) is 21.4 Å². The number of primary amides is 1. The summed E-state index contributed by atoms with van der Waals surface area (Å²) in [6.07, 6.45) is 0.0397. The molecule has 2 rings (SSSR count). The summed E-state index contributed by atoms with van der Waals surface area (Å²) in [5.74, 6) is -0.491. The van der Waals surface area contributed by atoms with Gasteiger partial charge in [-0.25, -0.2) is 0 Å². The number of amides is 1. The van der Waals surface area contributed by atoms with E-state index in [0.717, 1.165) is 0 Å². The maximum absolute atomic E-state index is 12.5. The lowest BCUT2D eigenvalue weighted by Gasteiger charge is -2.10. The highest BCUT2D eigenvalue weighted by Crippen LogP contribution is 2.28. The van der Waals surface area contributed by atoms with Crippen molar-refractivity contribution in [2.45, 2.75) is 6.42 Å². The largest absolute Gasteiger partial charge is 0.496 e. The van der Waals surface area contributed by atoms with E-state index in [1.165, 1.54) is 25.3 Å². The number of ether oxygens (including phenoxy) is 1. The summed E-state index contributed by atoms with van der Waals surface area (Å²) in [5.41, 5.74) is 6.35. The molecule has 2 aromatic rings. The second kappa shape index (κ2) is 6.81. The molecule has 1 amide bonds. The van der Waals surface area contributed by atoms with Gasteiger partial charge in [-0.05, 0) is 29.8 Å². The predicted octanol–water partition coefficient (Wildman–Crippen LogP) is 3.53. The molecule has 0 spiro atoms. The minimum atomic E-state index is -0.613. The van der Waals surface area contributed by atoms with Gasteiger partial charge in [0.25, 0.3) is 0 Å². The van der Waals surface area contributed by atoms with Crippen molar-refractivity contribution in [2.75, 3.05) is 7.11 Å². The van der Waals surface area contributed by atoms with Gasteiger partial charge in [0.05, 0.1) is 22.7 Å². The van der Waals surface area contributed by atoms with E-state index in [1.807, 2.05) is 0 Å². The highest BCUT2D eigenvalue weighted by Gasteiger charge is 2.17. The minimum absolute atomic E-state index is 0.0397. The van der Waals surface area contributed by atoms with Crippen LogP contribution >= 0.6 is 23.2 Å². The molecular weight excluding hydrogens is 325 g/mol. The summed E-state index contributed by atoms with van der Waals surface area (Å²) in [6.45, 7) is 0. The molecule has 0 saturated carbocycles. The number of halogens is 2. The minimum Gasteiger partial charge on any atom is -0.496 e. The van der Waals surface area contributed by atoms with Crippen molar-refractivity contribution in [3.63, 3.8) is 0 Å². The lowest BCUT2D eigenvalue weighted by molar-refractivity contribution is 0.0990. The predicted molar refractivity (Wildman–Crippen MR) is 86.0 cm³/mol. The lowest BCUT2D eigenvalue weighted by atomic mass is 10.00. The maximum atomic E-state index is 12.5. The molecule has 0 fully saturated rings. The molecule has 0 unspecified atom stereocenters. The third-order valence-corrected chi connectivity index (χ3v) is 4.03. The van der Waals surface area contributed by atoms with Crippen molar-refractivity contribution in [1.29, 1.82) is 0 Å². The Morgan fingerprint density at radius 3 is 2.55 bits per heavy atom. The van der Waals surface area contributed by atoms with Crippen molar-refractivity contribution in [1.82, 2.24) is 0 Å². The van der Waals surface area contributed by atoms with Crippen molar-refractivity contribution in [3.05, 3.63) is 63.1 Å². The first-order valence-corrected chi connectivity index (χ1v) is 7.13. The van der Waals surface area contributed by atoms with Crippen LogP contribution in [0.5, 0.6) is 5.75 Å². The Morgan fingerprint density at radius 2 is 1.91 bits per heavy atom. The Kier molecular flexibility index (Phi) is 5.06. The van der Waals surface area contributed by atoms with Gasteiger partial charge in [-0.1, -0.05) is 35.3 Å². The zero-order valence-electron chi connectivity index (χ0n) is 11.7. The van der Waals surface area contributed by atoms with Crippen molar-refractivity contribution >= 4 is 34.9 Å². The molecule has 2 N–H and O–H groups in total. The average Bonchev–Trinajstić information content (AvgIpc) is 2.51. The number of ketones is 1. The van der Waals surface area contributed by atoms with Crippen LogP contribution in [0.4, 0.5) is 0 Å². The SMILES string of the molecule is COc1ccc(C(N)=O)cc1C(=O)Cc1cccc(Cl)c1Cl. The fourth-order valence-corrected chi connectivity index (χ4v) is 2.42. The number of nitrogens with two attached hydrogens (primary N) is 1. The molecule has 0 atom stereocenters. The van der Waals surface area contributed by atoms with Crippen molar-refractivity contribution < 1.29 is 14.3 Å². The van der Waals surface area contributed by atoms with E-state index in [4.69, 9.17) is 33.7 Å². The molecule has 22 heavy (non-hydrogen) atoms. The van der Waals surface area contributed by atoms with Gasteiger partial charge < -0.3 is 10.5 Å². The van der Waals surface area contributed by atoms with Crippen LogP contribution in [0.3, 0.4) is 0 Å². The summed E-state index contributed by atoms with van der Waals surface area (Å²) in [5, 5.41) is 0.715. The first-order valence-electron chi connectivity index (χ1n) is 6.38. The third-order valence-electron chi connectivity index (χ3n) is 3.17. The van der Waals surface area contributed by atoms with Gasteiger partial charge in [0.1, 0.15) is 5.75 Å². The van der Waals surface area contributed by atoms with Gasteiger partial charge >= 0.3 is 0 Å². The van der Waals surface area contributed by atoms with E-state index in [9.17, 15) is 9.59 Å². The zero-order chi connectivity index (χ0) is 16.3. The molecule has 0 aliphatic heterocycles. The van der Waals surface area contributed by atoms with Crippen LogP contribution in [0, 0.1) is 0 Å². The van der Waals surface area contributed by atoms with Gasteiger partial charge in [0.2, 0.25) is 5.91 Å². The maximum Gasteiger partial charge on any atom is 0.248 e. The number of Topliss-reactive ketones (excluding diaryl/α,β-unsaturated/α-hetero) is 1. The fourth-order valence-electron chi connectivity index (χ4n) is 2.03. The number of carbonyl (C=O) groups excluding carboxylic acids is 2. The van der Waals surface area contributed by atoms with Crippen LogP contribution in [-0.2, 0) is 6.42 Å². The number of carbonyl (C=O) groups is 2. The van der Waals surface area contributed by atoms with Crippen molar-refractivity contribution in [3.8, 4) is 5.75 Å². The summed E-state index contributed by atoms with van der Waals surface area (Å²) < 4.78 is 5.16. The lowest BCUT2D eigenvalue weighted by Crippen LogP contribution is -2.13. The first kappa shape index (κ1) is 16.3. The van der Waals surface area contributed by atoms with Gasteiger partial charge in [-0.3, -0.25) is 9.59 Å². The molecule has 0 radical (unpaired) electrons.